The number of rotatable bonds is 3. The van der Waals surface area contributed by atoms with E-state index in [0.29, 0.717) is 12.4 Å². The number of imidazole rings is 1. The lowest BCUT2D eigenvalue weighted by atomic mass is 10.3. The first kappa shape index (κ1) is 12.2. The zero-order valence-corrected chi connectivity index (χ0v) is 11.6. The molecule has 0 aliphatic carbocycles. The van der Waals surface area contributed by atoms with E-state index in [1.165, 1.54) is 0 Å². The molecule has 0 aliphatic heterocycles. The Morgan fingerprint density at radius 2 is 2.21 bits per heavy atom. The van der Waals surface area contributed by atoms with Crippen LogP contribution in [-0.2, 0) is 19.5 Å². The molecule has 0 atom stereocenters. The summed E-state index contributed by atoms with van der Waals surface area (Å²) < 4.78 is 3.83. The Hall–Kier alpha value is -1.88. The Labute approximate surface area is 115 Å². The lowest BCUT2D eigenvalue weighted by Crippen LogP contribution is -2.04. The number of nitrogens with zero attached hydrogens (tertiary/aromatic N) is 5. The van der Waals surface area contributed by atoms with Crippen molar-refractivity contribution in [1.82, 2.24) is 24.3 Å². The van der Waals surface area contributed by atoms with Gasteiger partial charge in [-0.2, -0.15) is 5.10 Å². The third-order valence-electron chi connectivity index (χ3n) is 3.13. The molecule has 0 N–H and O–H groups in total. The molecule has 0 saturated heterocycles. The van der Waals surface area contributed by atoms with E-state index in [4.69, 9.17) is 11.6 Å². The van der Waals surface area contributed by atoms with Crippen molar-refractivity contribution in [2.45, 2.75) is 19.3 Å². The summed E-state index contributed by atoms with van der Waals surface area (Å²) in [6, 6.07) is 1.96. The van der Waals surface area contributed by atoms with Crippen LogP contribution in [0.15, 0.2) is 24.7 Å². The van der Waals surface area contributed by atoms with Gasteiger partial charge in [0, 0.05) is 25.0 Å². The van der Waals surface area contributed by atoms with Gasteiger partial charge in [-0.25, -0.2) is 9.97 Å². The molecule has 3 heterocycles. The summed E-state index contributed by atoms with van der Waals surface area (Å²) in [5.74, 6) is 1.21. The number of aryl methyl sites for hydroxylation is 2. The Morgan fingerprint density at radius 3 is 2.89 bits per heavy atom. The molecular weight excluding hydrogens is 262 g/mol. The summed E-state index contributed by atoms with van der Waals surface area (Å²) in [5.41, 5.74) is 4.01. The van der Waals surface area contributed by atoms with E-state index in [0.717, 1.165) is 28.1 Å². The van der Waals surface area contributed by atoms with Crippen LogP contribution in [-0.4, -0.2) is 24.3 Å². The van der Waals surface area contributed by atoms with Crippen molar-refractivity contribution in [2.75, 3.05) is 0 Å². The average Bonchev–Trinajstić information content (AvgIpc) is 2.96. The van der Waals surface area contributed by atoms with Crippen LogP contribution in [0.25, 0.3) is 11.2 Å². The number of halogens is 1. The highest BCUT2D eigenvalue weighted by molar-refractivity contribution is 6.16. The van der Waals surface area contributed by atoms with Crippen molar-refractivity contribution in [3.63, 3.8) is 0 Å². The molecule has 0 amide bonds. The van der Waals surface area contributed by atoms with E-state index >= 15 is 0 Å². The van der Waals surface area contributed by atoms with Gasteiger partial charge in [0.1, 0.15) is 11.3 Å². The smallest absolute Gasteiger partial charge is 0.160 e. The van der Waals surface area contributed by atoms with Crippen molar-refractivity contribution >= 4 is 22.8 Å². The largest absolute Gasteiger partial charge is 0.307 e. The molecule has 0 fully saturated rings. The maximum Gasteiger partial charge on any atom is 0.160 e. The van der Waals surface area contributed by atoms with E-state index in [1.54, 1.807) is 10.9 Å². The SMILES string of the molecule is Cc1ccnc2c1nc(CCl)n2Cc1cnn(C)c1. The second kappa shape index (κ2) is 4.66. The number of aromatic nitrogens is 5. The summed E-state index contributed by atoms with van der Waals surface area (Å²) >= 11 is 6.00. The van der Waals surface area contributed by atoms with E-state index in [-0.39, 0.29) is 0 Å². The fourth-order valence-electron chi connectivity index (χ4n) is 2.19. The van der Waals surface area contributed by atoms with Crippen molar-refractivity contribution in [3.05, 3.63) is 41.6 Å². The fourth-order valence-corrected chi connectivity index (χ4v) is 2.39. The van der Waals surface area contributed by atoms with Gasteiger partial charge in [-0.05, 0) is 18.6 Å². The van der Waals surface area contributed by atoms with Crippen LogP contribution in [0, 0.1) is 6.92 Å². The molecule has 0 aliphatic rings. The maximum atomic E-state index is 6.00. The third-order valence-corrected chi connectivity index (χ3v) is 3.37. The number of pyridine rings is 1. The molecule has 3 aromatic rings. The van der Waals surface area contributed by atoms with Gasteiger partial charge in [-0.15, -0.1) is 11.6 Å². The van der Waals surface area contributed by atoms with Gasteiger partial charge < -0.3 is 4.57 Å². The number of hydrogen-bond acceptors (Lipinski definition) is 3. The normalized spacial score (nSPS) is 11.3. The van der Waals surface area contributed by atoms with E-state index in [9.17, 15) is 0 Å². The van der Waals surface area contributed by atoms with Crippen molar-refractivity contribution in [2.24, 2.45) is 7.05 Å². The zero-order valence-electron chi connectivity index (χ0n) is 10.8. The topological polar surface area (TPSA) is 48.5 Å². The molecule has 5 nitrogen and oxygen atoms in total. The third kappa shape index (κ3) is 2.10. The van der Waals surface area contributed by atoms with Crippen LogP contribution >= 0.6 is 11.6 Å². The highest BCUT2D eigenvalue weighted by Gasteiger charge is 2.13. The van der Waals surface area contributed by atoms with Gasteiger partial charge in [-0.3, -0.25) is 4.68 Å². The Balaban J connectivity index is 2.13. The molecule has 6 heteroatoms. The van der Waals surface area contributed by atoms with E-state index in [1.807, 2.05) is 37.0 Å². The van der Waals surface area contributed by atoms with Gasteiger partial charge in [0.25, 0.3) is 0 Å². The molecule has 3 aromatic heterocycles. The maximum absolute atomic E-state index is 6.00. The predicted octanol–water partition coefficient (Wildman–Crippen LogP) is 2.26. The summed E-state index contributed by atoms with van der Waals surface area (Å²) in [4.78, 5) is 9.00. The lowest BCUT2D eigenvalue weighted by molar-refractivity contribution is 0.756. The molecule has 3 rings (SSSR count). The van der Waals surface area contributed by atoms with Crippen LogP contribution in [0.1, 0.15) is 17.0 Å². The first-order valence-electron chi connectivity index (χ1n) is 6.03. The molecule has 0 spiro atoms. The van der Waals surface area contributed by atoms with Gasteiger partial charge in [0.2, 0.25) is 0 Å². The Morgan fingerprint density at radius 1 is 1.37 bits per heavy atom. The summed E-state index contributed by atoms with van der Waals surface area (Å²) in [6.07, 6.45) is 5.64. The second-order valence-electron chi connectivity index (χ2n) is 4.57. The Bertz CT molecular complexity index is 728. The molecule has 0 unspecified atom stereocenters. The van der Waals surface area contributed by atoms with Crippen molar-refractivity contribution in [3.8, 4) is 0 Å². The van der Waals surface area contributed by atoms with Crippen LogP contribution in [0.2, 0.25) is 0 Å². The molecule has 19 heavy (non-hydrogen) atoms. The zero-order chi connectivity index (χ0) is 13.4. The van der Waals surface area contributed by atoms with Gasteiger partial charge in [-0.1, -0.05) is 0 Å². The van der Waals surface area contributed by atoms with E-state index < -0.39 is 0 Å². The van der Waals surface area contributed by atoms with E-state index in [2.05, 4.69) is 15.1 Å². The first-order chi connectivity index (χ1) is 9.19. The quantitative estimate of drug-likeness (QED) is 0.689. The predicted molar refractivity (Wildman–Crippen MR) is 74.1 cm³/mol. The monoisotopic (exact) mass is 275 g/mol. The van der Waals surface area contributed by atoms with Crippen LogP contribution < -0.4 is 0 Å². The van der Waals surface area contributed by atoms with Gasteiger partial charge >= 0.3 is 0 Å². The highest BCUT2D eigenvalue weighted by Crippen LogP contribution is 2.19. The summed E-state index contributed by atoms with van der Waals surface area (Å²) in [7, 11) is 1.90. The number of hydrogen-bond donors (Lipinski definition) is 0. The molecule has 98 valence electrons. The molecule has 0 aromatic carbocycles. The number of fused-ring (bicyclic) bond motifs is 1. The standard InChI is InChI=1S/C13H14ClN5/c1-9-3-4-15-13-12(9)17-11(5-14)19(13)8-10-6-16-18(2)7-10/h3-4,6-7H,5,8H2,1-2H3. The minimum atomic E-state index is 0.371. The van der Waals surface area contributed by atoms with Crippen molar-refractivity contribution in [1.29, 1.82) is 0 Å². The first-order valence-corrected chi connectivity index (χ1v) is 6.56. The fraction of sp³-hybridized carbons (Fsp3) is 0.308. The minimum Gasteiger partial charge on any atom is -0.307 e. The second-order valence-corrected chi connectivity index (χ2v) is 4.84. The van der Waals surface area contributed by atoms with Crippen LogP contribution in [0.4, 0.5) is 0 Å². The Kier molecular flexibility index (Phi) is 2.98. The molecule has 0 saturated carbocycles. The highest BCUT2D eigenvalue weighted by atomic mass is 35.5. The molecule has 0 radical (unpaired) electrons. The summed E-state index contributed by atoms with van der Waals surface area (Å²) in [6.45, 7) is 2.71. The number of alkyl halides is 1. The minimum absolute atomic E-state index is 0.371. The average molecular weight is 276 g/mol. The van der Waals surface area contributed by atoms with Crippen LogP contribution in [0.3, 0.4) is 0 Å². The molecular formula is C13H14ClN5. The lowest BCUT2D eigenvalue weighted by Gasteiger charge is -2.04. The van der Waals surface area contributed by atoms with Gasteiger partial charge in [0.15, 0.2) is 5.65 Å². The van der Waals surface area contributed by atoms with Gasteiger partial charge in [0.05, 0.1) is 18.6 Å². The van der Waals surface area contributed by atoms with Crippen LogP contribution in [0.5, 0.6) is 0 Å². The summed E-state index contributed by atoms with van der Waals surface area (Å²) in [5, 5.41) is 4.18. The molecule has 0 bridgehead atoms. The van der Waals surface area contributed by atoms with Crippen molar-refractivity contribution < 1.29 is 0 Å².